The number of ether oxygens (including phenoxy) is 1. The van der Waals surface area contributed by atoms with E-state index in [1.54, 1.807) is 7.11 Å². The molecule has 1 saturated heterocycles. The van der Waals surface area contributed by atoms with Crippen LogP contribution in [0.1, 0.15) is 44.6 Å². The lowest BCUT2D eigenvalue weighted by Crippen LogP contribution is -2.36. The highest BCUT2D eigenvalue weighted by Crippen LogP contribution is 2.39. The molecule has 0 amide bonds. The van der Waals surface area contributed by atoms with Gasteiger partial charge in [0.15, 0.2) is 0 Å². The van der Waals surface area contributed by atoms with Crippen molar-refractivity contribution in [2.24, 2.45) is 0 Å². The smallest absolute Gasteiger partial charge is 0.119 e. The van der Waals surface area contributed by atoms with Crippen LogP contribution in [-0.2, 0) is 0 Å². The number of hydrogen-bond acceptors (Lipinski definition) is 3. The van der Waals surface area contributed by atoms with Gasteiger partial charge in [-0.2, -0.15) is 0 Å². The van der Waals surface area contributed by atoms with Crippen molar-refractivity contribution in [3.8, 4) is 5.75 Å². The van der Waals surface area contributed by atoms with Crippen molar-refractivity contribution in [1.29, 1.82) is 0 Å². The van der Waals surface area contributed by atoms with E-state index in [-0.39, 0.29) is 0 Å². The van der Waals surface area contributed by atoms with E-state index in [9.17, 15) is 0 Å². The molecule has 2 heterocycles. The summed E-state index contributed by atoms with van der Waals surface area (Å²) in [7, 11) is 1.75. The molecule has 1 fully saturated rings. The average Bonchev–Trinajstić information content (AvgIpc) is 3.06. The zero-order valence-corrected chi connectivity index (χ0v) is 12.9. The number of benzene rings is 1. The van der Waals surface area contributed by atoms with E-state index < -0.39 is 0 Å². The topological polar surface area (TPSA) is 24.5 Å². The summed E-state index contributed by atoms with van der Waals surface area (Å²) in [4.78, 5) is 2.68. The maximum absolute atomic E-state index is 5.38. The Bertz CT molecular complexity index is 472. The predicted molar refractivity (Wildman–Crippen MR) is 83.7 cm³/mol. The summed E-state index contributed by atoms with van der Waals surface area (Å²) in [5.74, 6) is 1.61. The Labute approximate surface area is 122 Å². The number of anilines is 1. The third kappa shape index (κ3) is 2.51. The van der Waals surface area contributed by atoms with Crippen LogP contribution in [0.15, 0.2) is 18.2 Å². The molecule has 110 valence electrons. The second-order valence-corrected chi connectivity index (χ2v) is 6.39. The van der Waals surface area contributed by atoms with Crippen molar-refractivity contribution >= 4 is 5.69 Å². The first-order valence-electron chi connectivity index (χ1n) is 7.86. The molecule has 0 saturated carbocycles. The van der Waals surface area contributed by atoms with Crippen molar-refractivity contribution in [3.05, 3.63) is 23.8 Å². The van der Waals surface area contributed by atoms with Crippen LogP contribution in [0.25, 0.3) is 0 Å². The van der Waals surface area contributed by atoms with Gasteiger partial charge < -0.3 is 10.1 Å². The summed E-state index contributed by atoms with van der Waals surface area (Å²) in [6.45, 7) is 6.99. The molecule has 0 bridgehead atoms. The first-order valence-corrected chi connectivity index (χ1v) is 7.86. The fraction of sp³-hybridized carbons (Fsp3) is 0.647. The van der Waals surface area contributed by atoms with Gasteiger partial charge in [0.1, 0.15) is 5.75 Å². The van der Waals surface area contributed by atoms with Crippen molar-refractivity contribution in [2.45, 2.75) is 51.1 Å². The highest BCUT2D eigenvalue weighted by molar-refractivity contribution is 5.60. The van der Waals surface area contributed by atoms with Crippen molar-refractivity contribution in [1.82, 2.24) is 4.90 Å². The molecule has 2 aliphatic rings. The highest BCUT2D eigenvalue weighted by atomic mass is 16.5. The minimum atomic E-state index is 0.629. The van der Waals surface area contributed by atoms with Crippen molar-refractivity contribution in [3.63, 3.8) is 0 Å². The SMILES string of the molecule is COc1ccc2c(c1)[C@H](C[C@H]1CCCN1C(C)C)CN2. The van der Waals surface area contributed by atoms with E-state index in [0.29, 0.717) is 12.0 Å². The van der Waals surface area contributed by atoms with Gasteiger partial charge in [-0.3, -0.25) is 4.90 Å². The Morgan fingerprint density at radius 1 is 1.40 bits per heavy atom. The average molecular weight is 274 g/mol. The molecule has 1 aromatic carbocycles. The molecule has 0 unspecified atom stereocenters. The third-order valence-corrected chi connectivity index (χ3v) is 4.88. The van der Waals surface area contributed by atoms with Crippen LogP contribution in [-0.4, -0.2) is 37.2 Å². The van der Waals surface area contributed by atoms with Crippen LogP contribution in [0.5, 0.6) is 5.75 Å². The van der Waals surface area contributed by atoms with E-state index in [4.69, 9.17) is 4.74 Å². The largest absolute Gasteiger partial charge is 0.497 e. The summed E-state index contributed by atoms with van der Waals surface area (Å²) in [5, 5.41) is 3.55. The van der Waals surface area contributed by atoms with Gasteiger partial charge in [0.2, 0.25) is 0 Å². The molecule has 0 aliphatic carbocycles. The highest BCUT2D eigenvalue weighted by Gasteiger charge is 2.32. The van der Waals surface area contributed by atoms with Gasteiger partial charge in [-0.15, -0.1) is 0 Å². The zero-order valence-electron chi connectivity index (χ0n) is 12.9. The first-order chi connectivity index (χ1) is 9.69. The second-order valence-electron chi connectivity index (χ2n) is 6.39. The van der Waals surface area contributed by atoms with Crippen LogP contribution in [0.2, 0.25) is 0 Å². The Hall–Kier alpha value is -1.22. The lowest BCUT2D eigenvalue weighted by molar-refractivity contribution is 0.189. The summed E-state index contributed by atoms with van der Waals surface area (Å²) in [6.07, 6.45) is 3.98. The van der Waals surface area contributed by atoms with Crippen LogP contribution in [0.4, 0.5) is 5.69 Å². The number of hydrogen-bond donors (Lipinski definition) is 1. The number of rotatable bonds is 4. The number of nitrogens with zero attached hydrogens (tertiary/aromatic N) is 1. The van der Waals surface area contributed by atoms with Gasteiger partial charge in [-0.25, -0.2) is 0 Å². The van der Waals surface area contributed by atoms with E-state index in [1.807, 2.05) is 6.07 Å². The molecule has 20 heavy (non-hydrogen) atoms. The predicted octanol–water partition coefficient (Wildman–Crippen LogP) is 3.47. The van der Waals surface area contributed by atoms with E-state index >= 15 is 0 Å². The minimum absolute atomic E-state index is 0.629. The van der Waals surface area contributed by atoms with E-state index in [0.717, 1.165) is 18.3 Å². The fourth-order valence-electron chi connectivity index (χ4n) is 3.84. The monoisotopic (exact) mass is 274 g/mol. The molecule has 1 aromatic rings. The molecular weight excluding hydrogens is 248 g/mol. The van der Waals surface area contributed by atoms with Gasteiger partial charge in [0.25, 0.3) is 0 Å². The summed E-state index contributed by atoms with van der Waals surface area (Å²) in [6, 6.07) is 7.84. The summed E-state index contributed by atoms with van der Waals surface area (Å²) < 4.78 is 5.38. The summed E-state index contributed by atoms with van der Waals surface area (Å²) >= 11 is 0. The molecule has 3 rings (SSSR count). The van der Waals surface area contributed by atoms with E-state index in [2.05, 4.69) is 36.2 Å². The lowest BCUT2D eigenvalue weighted by Gasteiger charge is -2.30. The normalized spacial score (nSPS) is 25.8. The standard InChI is InChI=1S/C17H26N2O/c1-12(2)19-8-4-5-14(19)9-13-11-18-17-7-6-15(20-3)10-16(13)17/h6-7,10,12-14,18H,4-5,8-9,11H2,1-3H3/t13-,14-/m1/s1. The maximum atomic E-state index is 5.38. The fourth-order valence-corrected chi connectivity index (χ4v) is 3.84. The van der Waals surface area contributed by atoms with Crippen LogP contribution in [0.3, 0.4) is 0 Å². The maximum Gasteiger partial charge on any atom is 0.119 e. The van der Waals surface area contributed by atoms with Crippen LogP contribution < -0.4 is 10.1 Å². The molecule has 2 aliphatic heterocycles. The number of methoxy groups -OCH3 is 1. The Morgan fingerprint density at radius 3 is 3.00 bits per heavy atom. The number of likely N-dealkylation sites (tertiary alicyclic amines) is 1. The van der Waals surface area contributed by atoms with Crippen LogP contribution in [0, 0.1) is 0 Å². The van der Waals surface area contributed by atoms with Gasteiger partial charge >= 0.3 is 0 Å². The summed E-state index contributed by atoms with van der Waals surface area (Å²) in [5.41, 5.74) is 2.74. The Kier molecular flexibility index (Phi) is 3.88. The zero-order chi connectivity index (χ0) is 14.1. The van der Waals surface area contributed by atoms with Gasteiger partial charge in [0.05, 0.1) is 7.11 Å². The molecule has 0 aromatic heterocycles. The molecule has 0 spiro atoms. The third-order valence-electron chi connectivity index (χ3n) is 4.88. The van der Waals surface area contributed by atoms with Crippen LogP contribution >= 0.6 is 0 Å². The molecule has 0 radical (unpaired) electrons. The molecule has 3 nitrogen and oxygen atoms in total. The van der Waals surface area contributed by atoms with Crippen molar-refractivity contribution < 1.29 is 4.74 Å². The van der Waals surface area contributed by atoms with Gasteiger partial charge in [-0.1, -0.05) is 0 Å². The first kappa shape index (κ1) is 13.7. The molecular formula is C17H26N2O. The van der Waals surface area contributed by atoms with Gasteiger partial charge in [-0.05, 0) is 63.4 Å². The molecule has 1 N–H and O–H groups in total. The number of nitrogens with one attached hydrogen (secondary N) is 1. The minimum Gasteiger partial charge on any atom is -0.497 e. The van der Waals surface area contributed by atoms with Crippen molar-refractivity contribution in [2.75, 3.05) is 25.5 Å². The Morgan fingerprint density at radius 2 is 2.25 bits per heavy atom. The Balaban J connectivity index is 1.74. The second kappa shape index (κ2) is 5.65. The van der Waals surface area contributed by atoms with E-state index in [1.165, 1.54) is 37.1 Å². The lowest BCUT2D eigenvalue weighted by atomic mass is 9.92. The number of fused-ring (bicyclic) bond motifs is 1. The van der Waals surface area contributed by atoms with Gasteiger partial charge in [0, 0.05) is 30.2 Å². The molecule has 2 atom stereocenters. The molecule has 3 heteroatoms. The quantitative estimate of drug-likeness (QED) is 0.910.